The van der Waals surface area contributed by atoms with Crippen LogP contribution in [0.4, 0.5) is 0 Å². The Labute approximate surface area is 116 Å². The van der Waals surface area contributed by atoms with Crippen molar-refractivity contribution in [1.82, 2.24) is 9.78 Å². The molecule has 0 radical (unpaired) electrons. The molecule has 1 heterocycles. The van der Waals surface area contributed by atoms with Crippen LogP contribution in [-0.2, 0) is 12.9 Å². The van der Waals surface area contributed by atoms with Crippen molar-refractivity contribution in [2.24, 2.45) is 7.05 Å². The number of hydrogen-bond donors (Lipinski definition) is 0. The number of aromatic nitrogens is 2. The van der Waals surface area contributed by atoms with Gasteiger partial charge in [-0.15, -0.1) is 23.4 Å². The summed E-state index contributed by atoms with van der Waals surface area (Å²) in [6.07, 6.45) is 2.03. The summed E-state index contributed by atoms with van der Waals surface area (Å²) >= 11 is 7.61. The lowest BCUT2D eigenvalue weighted by molar-refractivity contribution is 0.418. The zero-order chi connectivity index (χ0) is 13.1. The number of alkyl halides is 1. The lowest BCUT2D eigenvalue weighted by Gasteiger charge is -2.10. The van der Waals surface area contributed by atoms with Crippen LogP contribution in [0.2, 0.25) is 0 Å². The van der Waals surface area contributed by atoms with Gasteiger partial charge in [-0.1, -0.05) is 12.1 Å². The maximum Gasteiger partial charge on any atom is 0.222 e. The molecule has 2 aromatic rings. The highest BCUT2D eigenvalue weighted by Gasteiger charge is 2.15. The molecule has 0 fully saturated rings. The summed E-state index contributed by atoms with van der Waals surface area (Å²) in [6.45, 7) is 1.94. The highest BCUT2D eigenvalue weighted by Crippen LogP contribution is 2.33. The van der Waals surface area contributed by atoms with E-state index in [9.17, 15) is 0 Å². The monoisotopic (exact) mass is 282 g/mol. The van der Waals surface area contributed by atoms with Gasteiger partial charge in [0.25, 0.3) is 0 Å². The highest BCUT2D eigenvalue weighted by molar-refractivity contribution is 7.98. The molecular weight excluding hydrogens is 268 g/mol. The summed E-state index contributed by atoms with van der Waals surface area (Å²) in [5.41, 5.74) is 1.85. The van der Waals surface area contributed by atoms with Gasteiger partial charge in [-0.3, -0.25) is 0 Å². The molecule has 1 aromatic carbocycles. The molecule has 5 heteroatoms. The third-order valence-corrected chi connectivity index (χ3v) is 3.74. The largest absolute Gasteiger partial charge is 0.438 e. The van der Waals surface area contributed by atoms with E-state index in [1.54, 1.807) is 16.4 Å². The third-order valence-electron chi connectivity index (χ3n) is 2.70. The Morgan fingerprint density at radius 3 is 2.78 bits per heavy atom. The average Bonchev–Trinajstić information content (AvgIpc) is 2.64. The first-order valence-corrected chi connectivity index (χ1v) is 7.32. The van der Waals surface area contributed by atoms with Crippen LogP contribution >= 0.6 is 23.4 Å². The first-order chi connectivity index (χ1) is 8.67. The van der Waals surface area contributed by atoms with E-state index in [2.05, 4.69) is 5.10 Å². The molecule has 0 aliphatic heterocycles. The molecule has 0 aliphatic rings. The van der Waals surface area contributed by atoms with Crippen molar-refractivity contribution in [3.8, 4) is 11.6 Å². The van der Waals surface area contributed by atoms with E-state index in [1.165, 1.54) is 0 Å². The zero-order valence-electron chi connectivity index (χ0n) is 10.6. The third kappa shape index (κ3) is 2.49. The topological polar surface area (TPSA) is 27.1 Å². The predicted octanol–water partition coefficient (Wildman–Crippen LogP) is 3.98. The molecule has 0 unspecified atom stereocenters. The number of hydrogen-bond acceptors (Lipinski definition) is 3. The molecule has 0 aliphatic carbocycles. The van der Waals surface area contributed by atoms with E-state index in [4.69, 9.17) is 16.3 Å². The van der Waals surface area contributed by atoms with E-state index in [-0.39, 0.29) is 0 Å². The molecular formula is C13H15ClN2OS. The van der Waals surface area contributed by atoms with Crippen molar-refractivity contribution in [3.63, 3.8) is 0 Å². The molecule has 0 saturated carbocycles. The number of ether oxygens (including phenoxy) is 1. The second-order valence-electron chi connectivity index (χ2n) is 3.88. The fourth-order valence-electron chi connectivity index (χ4n) is 1.77. The molecule has 1 aromatic heterocycles. The maximum atomic E-state index is 5.97. The Bertz CT molecular complexity index is 554. The van der Waals surface area contributed by atoms with Crippen molar-refractivity contribution < 1.29 is 4.74 Å². The fourth-order valence-corrected chi connectivity index (χ4v) is 2.60. The van der Waals surface area contributed by atoms with Gasteiger partial charge >= 0.3 is 0 Å². The number of halogens is 1. The highest BCUT2D eigenvalue weighted by atomic mass is 35.5. The van der Waals surface area contributed by atoms with Gasteiger partial charge in [0.1, 0.15) is 5.75 Å². The van der Waals surface area contributed by atoms with Gasteiger partial charge in [0, 0.05) is 11.9 Å². The second kappa shape index (κ2) is 5.67. The van der Waals surface area contributed by atoms with Gasteiger partial charge in [0.05, 0.1) is 17.1 Å². The molecule has 0 atom stereocenters. The molecule has 0 amide bonds. The van der Waals surface area contributed by atoms with Crippen LogP contribution in [0.25, 0.3) is 0 Å². The maximum absolute atomic E-state index is 5.97. The van der Waals surface area contributed by atoms with E-state index in [0.717, 1.165) is 21.9 Å². The number of thioether (sulfide) groups is 1. The summed E-state index contributed by atoms with van der Waals surface area (Å²) < 4.78 is 7.70. The molecule has 3 nitrogen and oxygen atoms in total. The summed E-state index contributed by atoms with van der Waals surface area (Å²) in [5, 5.41) is 4.33. The Balaban J connectivity index is 2.39. The smallest absolute Gasteiger partial charge is 0.222 e. The summed E-state index contributed by atoms with van der Waals surface area (Å²) in [5.74, 6) is 1.94. The van der Waals surface area contributed by atoms with Gasteiger partial charge in [0.15, 0.2) is 0 Å². The molecule has 0 saturated heterocycles. The summed E-state index contributed by atoms with van der Waals surface area (Å²) in [6, 6.07) is 7.93. The molecule has 0 N–H and O–H groups in total. The first-order valence-electron chi connectivity index (χ1n) is 5.56. The van der Waals surface area contributed by atoms with Crippen molar-refractivity contribution in [3.05, 3.63) is 35.5 Å². The van der Waals surface area contributed by atoms with Gasteiger partial charge < -0.3 is 4.74 Å². The zero-order valence-corrected chi connectivity index (χ0v) is 12.2. The lowest BCUT2D eigenvalue weighted by atomic mass is 10.3. The van der Waals surface area contributed by atoms with Crippen molar-refractivity contribution >= 4 is 23.4 Å². The van der Waals surface area contributed by atoms with E-state index in [0.29, 0.717) is 11.8 Å². The number of aryl methyl sites for hydroxylation is 2. The van der Waals surface area contributed by atoms with Crippen LogP contribution in [0.15, 0.2) is 29.2 Å². The standard InChI is InChI=1S/C13H15ClN2OS/c1-9-10(8-14)13(16(2)15-9)17-11-6-4-5-7-12(11)18-3/h4-7H,8H2,1-3H3. The minimum atomic E-state index is 0.399. The normalized spacial score (nSPS) is 10.7. The number of para-hydroxylation sites is 1. The van der Waals surface area contributed by atoms with Crippen LogP contribution in [0.1, 0.15) is 11.3 Å². The molecule has 0 spiro atoms. The van der Waals surface area contributed by atoms with Crippen LogP contribution < -0.4 is 4.74 Å². The SMILES string of the molecule is CSc1ccccc1Oc1c(CCl)c(C)nn1C. The minimum absolute atomic E-state index is 0.399. The van der Waals surface area contributed by atoms with Crippen LogP contribution in [-0.4, -0.2) is 16.0 Å². The predicted molar refractivity (Wildman–Crippen MR) is 75.8 cm³/mol. The summed E-state index contributed by atoms with van der Waals surface area (Å²) in [4.78, 5) is 1.09. The van der Waals surface area contributed by atoms with Crippen LogP contribution in [0, 0.1) is 6.92 Å². The van der Waals surface area contributed by atoms with Gasteiger partial charge in [-0.05, 0) is 25.3 Å². The molecule has 18 heavy (non-hydrogen) atoms. The quantitative estimate of drug-likeness (QED) is 0.627. The first kappa shape index (κ1) is 13.3. The Hall–Kier alpha value is -1.13. The Kier molecular flexibility index (Phi) is 4.19. The van der Waals surface area contributed by atoms with Crippen molar-refractivity contribution in [1.29, 1.82) is 0 Å². The average molecular weight is 283 g/mol. The van der Waals surface area contributed by atoms with Gasteiger partial charge in [-0.2, -0.15) is 5.10 Å². The lowest BCUT2D eigenvalue weighted by Crippen LogP contribution is -1.97. The van der Waals surface area contributed by atoms with Crippen LogP contribution in [0.5, 0.6) is 11.6 Å². The number of benzene rings is 1. The van der Waals surface area contributed by atoms with E-state index >= 15 is 0 Å². The molecule has 0 bridgehead atoms. The van der Waals surface area contributed by atoms with E-state index in [1.807, 2.05) is 44.5 Å². The Morgan fingerprint density at radius 2 is 2.11 bits per heavy atom. The minimum Gasteiger partial charge on any atom is -0.438 e. The van der Waals surface area contributed by atoms with E-state index < -0.39 is 0 Å². The van der Waals surface area contributed by atoms with Crippen LogP contribution in [0.3, 0.4) is 0 Å². The molecule has 2 rings (SSSR count). The molecule has 96 valence electrons. The summed E-state index contributed by atoms with van der Waals surface area (Å²) in [7, 11) is 1.86. The fraction of sp³-hybridized carbons (Fsp3) is 0.308. The van der Waals surface area contributed by atoms with Gasteiger partial charge in [0.2, 0.25) is 5.88 Å². The van der Waals surface area contributed by atoms with Gasteiger partial charge in [-0.25, -0.2) is 4.68 Å². The second-order valence-corrected chi connectivity index (χ2v) is 4.99. The Morgan fingerprint density at radius 1 is 1.39 bits per heavy atom. The number of nitrogens with zero attached hydrogens (tertiary/aromatic N) is 2. The number of rotatable bonds is 4. The van der Waals surface area contributed by atoms with Crippen molar-refractivity contribution in [2.45, 2.75) is 17.7 Å². The van der Waals surface area contributed by atoms with Crippen molar-refractivity contribution in [2.75, 3.05) is 6.26 Å².